The van der Waals surface area contributed by atoms with E-state index in [0.29, 0.717) is 0 Å². The van der Waals surface area contributed by atoms with Gasteiger partial charge >= 0.3 is 6.18 Å². The average molecular weight is 403 g/mol. The Morgan fingerprint density at radius 1 is 1.07 bits per heavy atom. The summed E-state index contributed by atoms with van der Waals surface area (Å²) in [6, 6.07) is 12.3. The number of nitrogens with one attached hydrogen (secondary N) is 2. The maximum atomic E-state index is 13.1. The SMILES string of the molecule is CCN(CC(=O)Nc1ccccc1C(F)(F)F)C(=O)Cc1c[nH]c2ccccc12. The van der Waals surface area contributed by atoms with Crippen molar-refractivity contribution in [1.29, 1.82) is 0 Å². The summed E-state index contributed by atoms with van der Waals surface area (Å²) in [5.41, 5.74) is 0.443. The van der Waals surface area contributed by atoms with Crippen LogP contribution in [0.1, 0.15) is 18.1 Å². The Morgan fingerprint density at radius 3 is 2.48 bits per heavy atom. The second-order valence-electron chi connectivity index (χ2n) is 6.54. The van der Waals surface area contributed by atoms with Crippen molar-refractivity contribution in [2.75, 3.05) is 18.4 Å². The number of para-hydroxylation sites is 2. The molecule has 0 atom stereocenters. The van der Waals surface area contributed by atoms with Crippen LogP contribution < -0.4 is 5.32 Å². The fourth-order valence-corrected chi connectivity index (χ4v) is 3.13. The monoisotopic (exact) mass is 403 g/mol. The molecule has 1 heterocycles. The number of aromatic amines is 1. The minimum absolute atomic E-state index is 0.0876. The van der Waals surface area contributed by atoms with Crippen molar-refractivity contribution >= 4 is 28.4 Å². The van der Waals surface area contributed by atoms with Gasteiger partial charge in [0.15, 0.2) is 0 Å². The fraction of sp³-hybridized carbons (Fsp3) is 0.238. The molecule has 0 saturated heterocycles. The summed E-state index contributed by atoms with van der Waals surface area (Å²) in [6.45, 7) is 1.64. The van der Waals surface area contributed by atoms with E-state index in [9.17, 15) is 22.8 Å². The molecule has 29 heavy (non-hydrogen) atoms. The van der Waals surface area contributed by atoms with Crippen LogP contribution in [-0.4, -0.2) is 34.8 Å². The fourth-order valence-electron chi connectivity index (χ4n) is 3.13. The van der Waals surface area contributed by atoms with Crippen LogP contribution in [-0.2, 0) is 22.2 Å². The molecule has 0 spiro atoms. The van der Waals surface area contributed by atoms with E-state index in [1.54, 1.807) is 13.1 Å². The van der Waals surface area contributed by atoms with Crippen LogP contribution >= 0.6 is 0 Å². The van der Waals surface area contributed by atoms with Gasteiger partial charge in [-0.2, -0.15) is 13.2 Å². The number of rotatable bonds is 6. The smallest absolute Gasteiger partial charge is 0.361 e. The van der Waals surface area contributed by atoms with Crippen molar-refractivity contribution in [3.05, 3.63) is 65.9 Å². The highest BCUT2D eigenvalue weighted by Crippen LogP contribution is 2.34. The predicted octanol–water partition coefficient (Wildman–Crippen LogP) is 4.22. The number of carbonyl (C=O) groups excluding carboxylic acids is 2. The van der Waals surface area contributed by atoms with Gasteiger partial charge in [0.05, 0.1) is 24.2 Å². The summed E-state index contributed by atoms with van der Waals surface area (Å²) in [7, 11) is 0. The molecular formula is C21H20F3N3O2. The van der Waals surface area contributed by atoms with E-state index in [-0.39, 0.29) is 31.1 Å². The normalized spacial score (nSPS) is 11.4. The lowest BCUT2D eigenvalue weighted by Crippen LogP contribution is -2.38. The first-order valence-corrected chi connectivity index (χ1v) is 9.08. The topological polar surface area (TPSA) is 65.2 Å². The lowest BCUT2D eigenvalue weighted by molar-refractivity contribution is -0.137. The maximum absolute atomic E-state index is 13.1. The molecule has 0 aliphatic carbocycles. The summed E-state index contributed by atoms with van der Waals surface area (Å²) in [4.78, 5) is 29.4. The summed E-state index contributed by atoms with van der Waals surface area (Å²) in [6.07, 6.45) is -2.75. The average Bonchev–Trinajstić information content (AvgIpc) is 3.08. The molecule has 3 rings (SSSR count). The lowest BCUT2D eigenvalue weighted by atomic mass is 10.1. The van der Waals surface area contributed by atoms with Gasteiger partial charge in [-0.1, -0.05) is 30.3 Å². The number of hydrogen-bond acceptors (Lipinski definition) is 2. The van der Waals surface area contributed by atoms with Crippen LogP contribution in [0.25, 0.3) is 10.9 Å². The molecule has 0 aliphatic heterocycles. The standard InChI is InChI=1S/C21H20F3N3O2/c1-2-27(20(29)11-14-12-25-17-9-5-3-7-15(14)17)13-19(28)26-18-10-6-4-8-16(18)21(22,23)24/h3-10,12,25H,2,11,13H2,1H3,(H,26,28). The van der Waals surface area contributed by atoms with Gasteiger partial charge < -0.3 is 15.2 Å². The highest BCUT2D eigenvalue weighted by molar-refractivity contribution is 5.96. The molecule has 0 saturated carbocycles. The number of H-pyrrole nitrogens is 1. The molecular weight excluding hydrogens is 383 g/mol. The van der Waals surface area contributed by atoms with E-state index in [2.05, 4.69) is 10.3 Å². The van der Waals surface area contributed by atoms with Gasteiger partial charge in [-0.3, -0.25) is 9.59 Å². The minimum atomic E-state index is -4.58. The molecule has 0 fully saturated rings. The number of likely N-dealkylation sites (N-methyl/N-ethyl adjacent to an activating group) is 1. The molecule has 1 aromatic heterocycles. The van der Waals surface area contributed by atoms with Gasteiger partial charge in [0, 0.05) is 23.6 Å². The van der Waals surface area contributed by atoms with Crippen LogP contribution in [0.2, 0.25) is 0 Å². The van der Waals surface area contributed by atoms with Crippen molar-refractivity contribution < 1.29 is 22.8 Å². The zero-order valence-corrected chi connectivity index (χ0v) is 15.7. The first kappa shape index (κ1) is 20.4. The number of nitrogens with zero attached hydrogens (tertiary/aromatic N) is 1. The summed E-state index contributed by atoms with van der Waals surface area (Å²) in [5, 5.41) is 3.18. The molecule has 5 nitrogen and oxygen atoms in total. The zero-order chi connectivity index (χ0) is 21.0. The molecule has 152 valence electrons. The Hall–Kier alpha value is -3.29. The third-order valence-electron chi connectivity index (χ3n) is 4.59. The van der Waals surface area contributed by atoms with Crippen LogP contribution in [0.5, 0.6) is 0 Å². The Labute approximate surface area is 165 Å². The molecule has 2 N–H and O–H groups in total. The third-order valence-corrected chi connectivity index (χ3v) is 4.59. The van der Waals surface area contributed by atoms with Crippen LogP contribution in [0.4, 0.5) is 18.9 Å². The van der Waals surface area contributed by atoms with Crippen molar-refractivity contribution in [3.63, 3.8) is 0 Å². The minimum Gasteiger partial charge on any atom is -0.361 e. The largest absolute Gasteiger partial charge is 0.418 e. The van der Waals surface area contributed by atoms with Crippen LogP contribution in [0.3, 0.4) is 0 Å². The predicted molar refractivity (Wildman–Crippen MR) is 104 cm³/mol. The molecule has 3 aromatic rings. The number of aromatic nitrogens is 1. The van der Waals surface area contributed by atoms with Gasteiger partial charge in [-0.15, -0.1) is 0 Å². The van der Waals surface area contributed by atoms with Gasteiger partial charge in [0.2, 0.25) is 11.8 Å². The second kappa shape index (κ2) is 8.38. The summed E-state index contributed by atoms with van der Waals surface area (Å²) < 4.78 is 39.2. The number of amides is 2. The van der Waals surface area contributed by atoms with Gasteiger partial charge in [-0.05, 0) is 30.7 Å². The van der Waals surface area contributed by atoms with E-state index in [4.69, 9.17) is 0 Å². The highest BCUT2D eigenvalue weighted by atomic mass is 19.4. The summed E-state index contributed by atoms with van der Waals surface area (Å²) in [5.74, 6) is -0.965. The molecule has 2 amide bonds. The van der Waals surface area contributed by atoms with Gasteiger partial charge in [0.25, 0.3) is 0 Å². The number of halogens is 3. The molecule has 8 heteroatoms. The molecule has 0 unspecified atom stereocenters. The van der Waals surface area contributed by atoms with Crippen molar-refractivity contribution in [3.8, 4) is 0 Å². The quantitative estimate of drug-likeness (QED) is 0.647. The third kappa shape index (κ3) is 4.77. The molecule has 0 radical (unpaired) electrons. The van der Waals surface area contributed by atoms with Crippen LogP contribution in [0.15, 0.2) is 54.7 Å². The number of hydrogen-bond donors (Lipinski definition) is 2. The molecule has 2 aromatic carbocycles. The van der Waals surface area contributed by atoms with Crippen LogP contribution in [0, 0.1) is 0 Å². The van der Waals surface area contributed by atoms with Gasteiger partial charge in [0.1, 0.15) is 0 Å². The number of carbonyl (C=O) groups is 2. The number of benzene rings is 2. The highest BCUT2D eigenvalue weighted by Gasteiger charge is 2.33. The van der Waals surface area contributed by atoms with Gasteiger partial charge in [-0.25, -0.2) is 0 Å². The van der Waals surface area contributed by atoms with E-state index in [0.717, 1.165) is 22.5 Å². The first-order chi connectivity index (χ1) is 13.8. The number of fused-ring (bicyclic) bond motifs is 1. The number of anilines is 1. The van der Waals surface area contributed by atoms with E-state index in [1.807, 2.05) is 24.3 Å². The lowest BCUT2D eigenvalue weighted by Gasteiger charge is -2.21. The van der Waals surface area contributed by atoms with Crippen molar-refractivity contribution in [2.45, 2.75) is 19.5 Å². The molecule has 0 bridgehead atoms. The Morgan fingerprint density at radius 2 is 1.76 bits per heavy atom. The van der Waals surface area contributed by atoms with E-state index < -0.39 is 17.6 Å². The molecule has 0 aliphatic rings. The Bertz CT molecular complexity index is 1030. The van der Waals surface area contributed by atoms with Crippen molar-refractivity contribution in [1.82, 2.24) is 9.88 Å². The maximum Gasteiger partial charge on any atom is 0.418 e. The van der Waals surface area contributed by atoms with E-state index in [1.165, 1.54) is 23.1 Å². The van der Waals surface area contributed by atoms with E-state index >= 15 is 0 Å². The Balaban J connectivity index is 1.68. The first-order valence-electron chi connectivity index (χ1n) is 9.08. The summed E-state index contributed by atoms with van der Waals surface area (Å²) >= 11 is 0. The zero-order valence-electron chi connectivity index (χ0n) is 15.7. The Kier molecular flexibility index (Phi) is 5.91. The van der Waals surface area contributed by atoms with Crippen molar-refractivity contribution in [2.24, 2.45) is 0 Å². The number of alkyl halides is 3. The second-order valence-corrected chi connectivity index (χ2v) is 6.54.